The van der Waals surface area contributed by atoms with Crippen LogP contribution in [0.4, 0.5) is 0 Å². The van der Waals surface area contributed by atoms with Gasteiger partial charge in [-0.15, -0.1) is 3.63 Å². The molecule has 12 aliphatic carbocycles. The monoisotopic (exact) mass is 1830 g/mol. The summed E-state index contributed by atoms with van der Waals surface area (Å²) in [6, 6.07) is 0.428. The van der Waals surface area contributed by atoms with Crippen LogP contribution in [0.25, 0.3) is 0 Å². The van der Waals surface area contributed by atoms with Crippen LogP contribution >= 0.6 is 0 Å². The van der Waals surface area contributed by atoms with Crippen molar-refractivity contribution in [1.29, 1.82) is 0 Å². The molecule has 0 amide bonds. The van der Waals surface area contributed by atoms with Gasteiger partial charge in [-0.25, -0.2) is 33.7 Å². The summed E-state index contributed by atoms with van der Waals surface area (Å²) in [5.74, 6) is 10.4. The van der Waals surface area contributed by atoms with Crippen LogP contribution in [0, 0.1) is 123 Å². The van der Waals surface area contributed by atoms with Gasteiger partial charge in [-0.3, -0.25) is 5.10 Å². The largest absolute Gasteiger partial charge is 0.369 e. The highest BCUT2D eigenvalue weighted by Gasteiger charge is 2.66. The van der Waals surface area contributed by atoms with Crippen LogP contribution in [0.3, 0.4) is 0 Å². The first-order chi connectivity index (χ1) is 57.8. The minimum Gasteiger partial charge on any atom is -0.369 e. The Hall–Kier alpha value is -3.73. The van der Waals surface area contributed by atoms with Gasteiger partial charge in [0.15, 0.2) is 0 Å². The summed E-state index contributed by atoms with van der Waals surface area (Å²) in [7, 11) is -21.1. The summed E-state index contributed by atoms with van der Waals surface area (Å²) in [5.41, 5.74) is 17.2. The number of fused-ring (bicyclic) bond motifs is 21. The molecule has 124 heavy (non-hydrogen) atoms. The Balaban J connectivity index is 0.000000121. The smallest absolute Gasteiger partial charge is 0.278 e. The van der Waals surface area contributed by atoms with E-state index in [1.807, 2.05) is 5.57 Å². The molecule has 30 atom stereocenters. The molecule has 25 nitrogen and oxygen atoms in total. The van der Waals surface area contributed by atoms with Crippen molar-refractivity contribution in [1.82, 2.24) is 42.5 Å². The van der Waals surface area contributed by atoms with Gasteiger partial charge in [-0.05, 0) is 322 Å². The van der Waals surface area contributed by atoms with E-state index >= 15 is 0 Å². The molecular formula is C93H143N9O16S6. The first-order valence-corrected chi connectivity index (χ1v) is 58.3. The maximum atomic E-state index is 12.8. The van der Waals surface area contributed by atoms with Crippen molar-refractivity contribution in [3.05, 3.63) is 85.8 Å². The number of hydrogen-bond donors (Lipinski definition) is 2. The number of nitrogens with zero attached hydrogens (tertiary/aromatic N) is 7. The molecule has 18 aliphatic rings. The molecule has 3 spiro atoms. The van der Waals surface area contributed by atoms with Crippen molar-refractivity contribution in [3.8, 4) is 0 Å². The Morgan fingerprint density at radius 1 is 0.427 bits per heavy atom. The van der Waals surface area contributed by atoms with Gasteiger partial charge in [0.05, 0.1) is 102 Å². The number of aromatic nitrogens is 6. The second-order valence-electron chi connectivity index (χ2n) is 45.2. The normalized spacial score (nSPS) is 44.0. The van der Waals surface area contributed by atoms with E-state index in [4.69, 9.17) is 14.2 Å². The molecule has 0 aromatic carbocycles. The SMILES string of the molecule is CC1=C2C[C@H]3[C@@H](CC[C@@H]4Cc5[nH]ncc5C[C@@]43C)[C@@H]2CC[C@@]2(C1)O[C@@H]1C[C@H](C)CN[C@H]1[C@H]2C.CC1=C2C[C@H]3[C@@H](CC[C@@H]4Cc5nn(S(C)(=O)=O)cc5C[C@@]43C)[C@@H]2CC[C@@]2(C1)O[C@@H]1C[C@H](C)CN(S(C)(=O)=O)[C@H]1[C@H]2C.CC1=C2C[C@H]3[C@@H](CC[C@@H]4Cc5nn(S(C)(=O)=O)cc5C[C@@]43C)[C@@H]2CC[C@@]2(C1)O[C@@H]1C[C@H](C)CN(S(C)(=O)=O)[C@H]1[C@H]2C.CS(=O)(=O)OS(C)(=O)=O. The third kappa shape index (κ3) is 15.8. The molecule has 6 saturated heterocycles. The number of nitrogens with one attached hydrogen (secondary N) is 2. The number of sulfonamides is 2. The molecule has 6 saturated carbocycles. The first kappa shape index (κ1) is 90.8. The number of rotatable bonds is 6. The van der Waals surface area contributed by atoms with Crippen molar-refractivity contribution < 1.29 is 68.3 Å². The molecule has 31 heteroatoms. The van der Waals surface area contributed by atoms with E-state index in [2.05, 4.69) is 119 Å². The highest BCUT2D eigenvalue weighted by Crippen LogP contribution is 2.69. The Bertz CT molecular complexity index is 5290. The second-order valence-corrected chi connectivity index (χ2v) is 56.2. The predicted molar refractivity (Wildman–Crippen MR) is 478 cm³/mol. The minimum absolute atomic E-state index is 0.0226. The lowest BCUT2D eigenvalue weighted by atomic mass is 9.52. The maximum Gasteiger partial charge on any atom is 0.278 e. The summed E-state index contributed by atoms with van der Waals surface area (Å²) >= 11 is 0. The number of hydrogen-bond acceptors (Lipinski definition) is 20. The van der Waals surface area contributed by atoms with E-state index in [0.717, 1.165) is 149 Å². The zero-order chi connectivity index (χ0) is 88.8. The number of ether oxygens (including phenoxy) is 3. The summed E-state index contributed by atoms with van der Waals surface area (Å²) in [5, 5.41) is 20.6. The third-order valence-electron chi connectivity index (χ3n) is 37.6. The Kier molecular flexibility index (Phi) is 23.0. The van der Waals surface area contributed by atoms with Crippen LogP contribution < -0.4 is 5.32 Å². The molecule has 2 N–H and O–H groups in total. The van der Waals surface area contributed by atoms with Crippen molar-refractivity contribution in [2.24, 2.45) is 123 Å². The van der Waals surface area contributed by atoms with Gasteiger partial charge in [0.25, 0.3) is 40.3 Å². The number of piperidine rings is 3. The van der Waals surface area contributed by atoms with E-state index in [1.54, 1.807) is 37.7 Å². The van der Waals surface area contributed by atoms with Crippen LogP contribution in [-0.2, 0) is 117 Å². The molecule has 21 rings (SSSR count). The van der Waals surface area contributed by atoms with Gasteiger partial charge in [-0.1, -0.05) is 95.8 Å². The lowest BCUT2D eigenvalue weighted by molar-refractivity contribution is -0.0765. The quantitative estimate of drug-likeness (QED) is 0.217. The lowest BCUT2D eigenvalue weighted by Gasteiger charge is -2.52. The highest BCUT2D eigenvalue weighted by atomic mass is 32.3. The van der Waals surface area contributed by atoms with E-state index in [-0.39, 0.29) is 63.8 Å². The van der Waals surface area contributed by atoms with Gasteiger partial charge < -0.3 is 19.5 Å². The average molecular weight is 1840 g/mol. The second kappa shape index (κ2) is 31.5. The molecule has 12 fully saturated rings. The lowest BCUT2D eigenvalue weighted by Crippen LogP contribution is -2.53. The predicted octanol–water partition coefficient (Wildman–Crippen LogP) is 13.2. The third-order valence-corrected chi connectivity index (χ3v) is 43.8. The van der Waals surface area contributed by atoms with Gasteiger partial charge in [0.1, 0.15) is 0 Å². The summed E-state index contributed by atoms with van der Waals surface area (Å²) < 4.78 is 171. The molecule has 9 heterocycles. The van der Waals surface area contributed by atoms with E-state index in [9.17, 15) is 50.5 Å². The van der Waals surface area contributed by atoms with Crippen LogP contribution in [0.15, 0.2) is 52.0 Å². The number of allylic oxidation sites excluding steroid dienone is 3. The molecule has 0 radical (unpaired) electrons. The van der Waals surface area contributed by atoms with Crippen molar-refractivity contribution in [2.45, 2.75) is 310 Å². The van der Waals surface area contributed by atoms with Gasteiger partial charge in [-0.2, -0.15) is 48.9 Å². The number of H-pyrrole nitrogens is 1. The fraction of sp³-hybridized carbons (Fsp3) is 0.839. The van der Waals surface area contributed by atoms with Crippen LogP contribution in [0.5, 0.6) is 0 Å². The van der Waals surface area contributed by atoms with E-state index in [0.29, 0.717) is 108 Å². The summed E-state index contributed by atoms with van der Waals surface area (Å²) in [4.78, 5) is 0. The minimum atomic E-state index is -3.87. The zero-order valence-electron chi connectivity index (χ0n) is 76.9. The molecule has 692 valence electrons. The Morgan fingerprint density at radius 3 is 1.16 bits per heavy atom. The van der Waals surface area contributed by atoms with Crippen LogP contribution in [0.2, 0.25) is 0 Å². The molecular weight excluding hydrogens is 1690 g/mol. The number of aromatic amines is 1. The highest BCUT2D eigenvalue weighted by molar-refractivity contribution is 7.99. The summed E-state index contributed by atoms with van der Waals surface area (Å²) in [6.45, 7) is 30.8. The Labute approximate surface area is 741 Å². The average Bonchev–Trinajstić information content (AvgIpc) is 1.54. The molecule has 0 bridgehead atoms. The van der Waals surface area contributed by atoms with E-state index in [1.165, 1.54) is 139 Å². The molecule has 0 unspecified atom stereocenters. The van der Waals surface area contributed by atoms with Gasteiger partial charge >= 0.3 is 0 Å². The fourth-order valence-electron chi connectivity index (χ4n) is 31.9. The van der Waals surface area contributed by atoms with E-state index < -0.39 is 60.3 Å². The van der Waals surface area contributed by atoms with Crippen molar-refractivity contribution in [3.63, 3.8) is 0 Å². The first-order valence-electron chi connectivity index (χ1n) is 47.2. The zero-order valence-corrected chi connectivity index (χ0v) is 81.8. The molecule has 3 aromatic rings. The molecule has 6 aliphatic heterocycles. The van der Waals surface area contributed by atoms with Gasteiger partial charge in [0, 0.05) is 55.0 Å². The van der Waals surface area contributed by atoms with Crippen LogP contribution in [-0.4, -0.2) is 198 Å². The summed E-state index contributed by atoms with van der Waals surface area (Å²) in [6.07, 6.45) is 42.8. The molecule has 3 aromatic heterocycles. The van der Waals surface area contributed by atoms with Crippen molar-refractivity contribution >= 4 is 60.3 Å². The fourth-order valence-corrected chi connectivity index (χ4v) is 37.4. The van der Waals surface area contributed by atoms with Crippen molar-refractivity contribution in [2.75, 3.05) is 57.2 Å². The maximum absolute atomic E-state index is 12.8. The topological polar surface area (TPSA) is 325 Å². The standard InChI is InChI=1S/2C31H47N3O5S2.C29H43N3O.C2H6O5S2/c2*1-18-11-28-29(33(16-18)40(5,35)36)20(3)31(39-28)10-9-23-24-8-7-22-12-27-21(17-34(32-27)41(6,37)38)15-30(22,4)26(24)13-25(23)19(2)14-31;1-16-9-26-27(30-14-16)18(3)29(33-26)8-7-21-22-6-5-20-10-25-19(15-31-32-25)13-28(20,4)24(22)11-23(21)17(2)12-29;1-8(3,4)7-9(2,5)6/h2*17-18,20,22-24,26,28-29H,7-16H2,1-6H3;15-16,18,20-22,24,26-27,30H,5-14H2,1-4H3,(H,31,32);1-2H3/t2*18-,20+,22+,23-,24-,26-,28+,29-,30-,31-;16-,18+,20+,21-,22-,24-,26+,27-,28-,29-;/m000./s1. The Morgan fingerprint density at radius 2 is 0.790 bits per heavy atom. The van der Waals surface area contributed by atoms with Crippen LogP contribution in [0.1, 0.15) is 252 Å². The van der Waals surface area contributed by atoms with Gasteiger partial charge in [0.2, 0.25) is 20.0 Å².